The van der Waals surface area contributed by atoms with E-state index in [9.17, 15) is 14.4 Å². The number of methoxy groups -OCH3 is 1. The SMILES string of the molecule is COc1cccc(/C=C/C(=O)N(CC(C)C)c2c(N)n(CC(C)C)c(=O)[nH]c2=O)c1. The lowest BCUT2D eigenvalue weighted by Crippen LogP contribution is -2.42. The number of H-pyrrole nitrogens is 1. The number of carbonyl (C=O) groups is 1. The molecule has 0 unspecified atom stereocenters. The van der Waals surface area contributed by atoms with Gasteiger partial charge in [0, 0.05) is 19.2 Å². The first kappa shape index (κ1) is 23.0. The Hall–Kier alpha value is -3.29. The zero-order valence-electron chi connectivity index (χ0n) is 18.1. The Balaban J connectivity index is 2.49. The normalized spacial score (nSPS) is 11.4. The third kappa shape index (κ3) is 5.62. The van der Waals surface area contributed by atoms with Crippen LogP contribution in [0.3, 0.4) is 0 Å². The molecule has 162 valence electrons. The molecule has 0 aliphatic carbocycles. The number of benzene rings is 1. The van der Waals surface area contributed by atoms with Gasteiger partial charge in [-0.25, -0.2) is 4.79 Å². The molecule has 0 aliphatic rings. The highest BCUT2D eigenvalue weighted by Gasteiger charge is 2.24. The van der Waals surface area contributed by atoms with Crippen molar-refractivity contribution in [3.05, 3.63) is 56.7 Å². The molecule has 2 rings (SSSR count). The number of nitrogen functional groups attached to an aromatic ring is 1. The topological polar surface area (TPSA) is 110 Å². The largest absolute Gasteiger partial charge is 0.497 e. The summed E-state index contributed by atoms with van der Waals surface area (Å²) in [6.07, 6.45) is 3.03. The minimum atomic E-state index is -0.679. The molecule has 8 heteroatoms. The van der Waals surface area contributed by atoms with Gasteiger partial charge in [-0.2, -0.15) is 0 Å². The summed E-state index contributed by atoms with van der Waals surface area (Å²) in [6.45, 7) is 8.34. The average Bonchev–Trinajstić information content (AvgIpc) is 2.68. The summed E-state index contributed by atoms with van der Waals surface area (Å²) in [4.78, 5) is 41.5. The molecule has 1 aromatic heterocycles. The van der Waals surface area contributed by atoms with Gasteiger partial charge in [0.05, 0.1) is 7.11 Å². The van der Waals surface area contributed by atoms with Crippen molar-refractivity contribution in [1.29, 1.82) is 0 Å². The van der Waals surface area contributed by atoms with Crippen LogP contribution in [0.25, 0.3) is 6.08 Å². The van der Waals surface area contributed by atoms with Crippen LogP contribution in [0, 0.1) is 11.8 Å². The van der Waals surface area contributed by atoms with Crippen molar-refractivity contribution in [2.45, 2.75) is 34.2 Å². The summed E-state index contributed by atoms with van der Waals surface area (Å²) in [6, 6.07) is 7.26. The Morgan fingerprint density at radius 2 is 1.93 bits per heavy atom. The monoisotopic (exact) mass is 414 g/mol. The number of nitrogens with zero attached hydrogens (tertiary/aromatic N) is 2. The minimum absolute atomic E-state index is 0.00996. The van der Waals surface area contributed by atoms with Crippen LogP contribution < -0.4 is 26.6 Å². The maximum Gasteiger partial charge on any atom is 0.330 e. The van der Waals surface area contributed by atoms with Crippen molar-refractivity contribution in [3.8, 4) is 5.75 Å². The van der Waals surface area contributed by atoms with Gasteiger partial charge in [0.25, 0.3) is 11.5 Å². The lowest BCUT2D eigenvalue weighted by Gasteiger charge is -2.25. The van der Waals surface area contributed by atoms with Gasteiger partial charge in [0.15, 0.2) is 5.69 Å². The second-order valence-corrected chi connectivity index (χ2v) is 7.95. The fourth-order valence-electron chi connectivity index (χ4n) is 3.04. The van der Waals surface area contributed by atoms with Crippen LogP contribution in [0.4, 0.5) is 11.5 Å². The van der Waals surface area contributed by atoms with Crippen LogP contribution in [-0.2, 0) is 11.3 Å². The van der Waals surface area contributed by atoms with Crippen LogP contribution in [0.5, 0.6) is 5.75 Å². The molecule has 0 saturated heterocycles. The zero-order valence-corrected chi connectivity index (χ0v) is 18.1. The predicted molar refractivity (Wildman–Crippen MR) is 120 cm³/mol. The summed E-state index contributed by atoms with van der Waals surface area (Å²) in [5.74, 6) is 0.458. The summed E-state index contributed by atoms with van der Waals surface area (Å²) in [5.41, 5.74) is 5.70. The molecule has 0 aliphatic heterocycles. The summed E-state index contributed by atoms with van der Waals surface area (Å²) >= 11 is 0. The van der Waals surface area contributed by atoms with E-state index in [1.54, 1.807) is 19.3 Å². The van der Waals surface area contributed by atoms with Crippen molar-refractivity contribution in [2.75, 3.05) is 24.3 Å². The fourth-order valence-corrected chi connectivity index (χ4v) is 3.04. The van der Waals surface area contributed by atoms with Gasteiger partial charge in [-0.3, -0.25) is 19.1 Å². The van der Waals surface area contributed by atoms with E-state index < -0.39 is 17.2 Å². The zero-order chi connectivity index (χ0) is 22.4. The lowest BCUT2D eigenvalue weighted by molar-refractivity contribution is -0.114. The molecule has 1 aromatic carbocycles. The molecular formula is C22H30N4O4. The van der Waals surface area contributed by atoms with E-state index in [-0.39, 0.29) is 29.9 Å². The number of anilines is 2. The molecular weight excluding hydrogens is 384 g/mol. The standard InChI is InChI=1S/C22H30N4O4/c1-14(2)12-25(18(27)10-9-16-7-6-8-17(11-16)30-5)19-20(23)26(13-15(3)4)22(29)24-21(19)28/h6-11,14-15H,12-13,23H2,1-5H3,(H,24,28,29)/b10-9+. The van der Waals surface area contributed by atoms with Crippen LogP contribution in [0.1, 0.15) is 33.3 Å². The van der Waals surface area contributed by atoms with Gasteiger partial charge in [0.1, 0.15) is 11.6 Å². The van der Waals surface area contributed by atoms with Crippen LogP contribution in [0.15, 0.2) is 39.9 Å². The molecule has 30 heavy (non-hydrogen) atoms. The second kappa shape index (κ2) is 9.96. The molecule has 8 nitrogen and oxygen atoms in total. The highest BCUT2D eigenvalue weighted by molar-refractivity contribution is 6.05. The van der Waals surface area contributed by atoms with Crippen LogP contribution in [0.2, 0.25) is 0 Å². The molecule has 0 atom stereocenters. The van der Waals surface area contributed by atoms with E-state index >= 15 is 0 Å². The van der Waals surface area contributed by atoms with E-state index in [0.717, 1.165) is 5.56 Å². The summed E-state index contributed by atoms with van der Waals surface area (Å²) in [5, 5.41) is 0. The van der Waals surface area contributed by atoms with Crippen molar-refractivity contribution in [3.63, 3.8) is 0 Å². The van der Waals surface area contributed by atoms with Gasteiger partial charge < -0.3 is 15.4 Å². The van der Waals surface area contributed by atoms with Crippen molar-refractivity contribution < 1.29 is 9.53 Å². The predicted octanol–water partition coefficient (Wildman–Crippen LogP) is 2.49. The third-order valence-corrected chi connectivity index (χ3v) is 4.36. The van der Waals surface area contributed by atoms with Crippen molar-refractivity contribution >= 4 is 23.5 Å². The number of ether oxygens (including phenoxy) is 1. The first-order chi connectivity index (χ1) is 14.1. The quantitative estimate of drug-likeness (QED) is 0.645. The molecule has 1 amide bonds. The second-order valence-electron chi connectivity index (χ2n) is 7.95. The third-order valence-electron chi connectivity index (χ3n) is 4.36. The van der Waals surface area contributed by atoms with Crippen LogP contribution in [-0.4, -0.2) is 29.1 Å². The van der Waals surface area contributed by atoms with Gasteiger partial charge >= 0.3 is 5.69 Å². The first-order valence-corrected chi connectivity index (χ1v) is 9.90. The summed E-state index contributed by atoms with van der Waals surface area (Å²) < 4.78 is 6.49. The Morgan fingerprint density at radius 1 is 1.23 bits per heavy atom. The first-order valence-electron chi connectivity index (χ1n) is 9.90. The molecule has 0 spiro atoms. The van der Waals surface area contributed by atoms with E-state index in [1.807, 2.05) is 45.9 Å². The van der Waals surface area contributed by atoms with Gasteiger partial charge in [-0.05, 0) is 35.6 Å². The number of amides is 1. The Bertz CT molecular complexity index is 1030. The molecule has 0 radical (unpaired) electrons. The van der Waals surface area contributed by atoms with Gasteiger partial charge in [-0.15, -0.1) is 0 Å². The van der Waals surface area contributed by atoms with Crippen molar-refractivity contribution in [2.24, 2.45) is 11.8 Å². The minimum Gasteiger partial charge on any atom is -0.497 e. The average molecular weight is 415 g/mol. The smallest absolute Gasteiger partial charge is 0.330 e. The molecule has 0 bridgehead atoms. The van der Waals surface area contributed by atoms with E-state index in [4.69, 9.17) is 10.5 Å². The fraction of sp³-hybridized carbons (Fsp3) is 0.409. The number of carbonyl (C=O) groups excluding carboxylic acids is 1. The van der Waals surface area contributed by atoms with Crippen LogP contribution >= 0.6 is 0 Å². The molecule has 0 fully saturated rings. The number of aromatic amines is 1. The van der Waals surface area contributed by atoms with Gasteiger partial charge in [0.2, 0.25) is 0 Å². The van der Waals surface area contributed by atoms with E-state index in [2.05, 4.69) is 4.98 Å². The Kier molecular flexibility index (Phi) is 7.63. The molecule has 1 heterocycles. The van der Waals surface area contributed by atoms with Gasteiger partial charge in [-0.1, -0.05) is 39.8 Å². The molecule has 3 N–H and O–H groups in total. The molecule has 0 saturated carbocycles. The Morgan fingerprint density at radius 3 is 2.53 bits per heavy atom. The number of nitrogens with one attached hydrogen (secondary N) is 1. The number of rotatable bonds is 8. The number of hydrogen-bond acceptors (Lipinski definition) is 5. The Labute approximate surface area is 176 Å². The highest BCUT2D eigenvalue weighted by atomic mass is 16.5. The lowest BCUT2D eigenvalue weighted by atomic mass is 10.1. The van der Waals surface area contributed by atoms with E-state index in [0.29, 0.717) is 12.3 Å². The summed E-state index contributed by atoms with van der Waals surface area (Å²) in [7, 11) is 1.57. The maximum absolute atomic E-state index is 13.0. The number of hydrogen-bond donors (Lipinski definition) is 2. The van der Waals surface area contributed by atoms with E-state index in [1.165, 1.54) is 15.5 Å². The number of nitrogens with two attached hydrogens (primary N) is 1. The highest BCUT2D eigenvalue weighted by Crippen LogP contribution is 2.20. The van der Waals surface area contributed by atoms with Crippen molar-refractivity contribution in [1.82, 2.24) is 9.55 Å². The maximum atomic E-state index is 13.0. The number of aromatic nitrogens is 2. The molecule has 2 aromatic rings.